The van der Waals surface area contributed by atoms with Gasteiger partial charge in [0, 0.05) is 17.4 Å². The average molecular weight is 670 g/mol. The summed E-state index contributed by atoms with van der Waals surface area (Å²) in [7, 11) is 0. The number of pyridine rings is 1. The van der Waals surface area contributed by atoms with Crippen LogP contribution in [0.1, 0.15) is 26.5 Å². The molecule has 19 heteroatoms. The maximum atomic E-state index is 13.3. The number of rotatable bonds is 9. The first-order valence-corrected chi connectivity index (χ1v) is 14.6. The molecule has 0 spiro atoms. The largest absolute Gasteiger partial charge is 1.00 e. The summed E-state index contributed by atoms with van der Waals surface area (Å²) in [6.45, 7) is 2.60. The minimum Gasteiger partial charge on any atom is -1.00 e. The molecule has 3 aromatic rings. The molecule has 15 nitrogen and oxygen atoms in total. The Balaban J connectivity index is 0.00000276. The quantitative estimate of drug-likeness (QED) is 0.0638. The van der Waals surface area contributed by atoms with Gasteiger partial charge < -0.3 is 27.5 Å². The van der Waals surface area contributed by atoms with Gasteiger partial charge in [0.2, 0.25) is 5.60 Å². The zero-order valence-corrected chi connectivity index (χ0v) is 27.7. The Bertz CT molecular complexity index is 1820. The molecule has 0 unspecified atom stereocenters. The molecule has 44 heavy (non-hydrogen) atoms. The first-order chi connectivity index (χ1) is 20.3. The Kier molecular flexibility index (Phi) is 9.63. The molecule has 5 N–H and O–H groups in total. The topological polar surface area (TPSA) is 217 Å². The van der Waals surface area contributed by atoms with E-state index in [1.165, 1.54) is 25.6 Å². The van der Waals surface area contributed by atoms with Crippen molar-refractivity contribution in [3.63, 3.8) is 0 Å². The van der Waals surface area contributed by atoms with Crippen molar-refractivity contribution in [1.82, 2.24) is 19.6 Å². The van der Waals surface area contributed by atoms with Gasteiger partial charge in [-0.05, 0) is 19.9 Å². The number of fused-ring (bicyclic) bond motifs is 2. The van der Waals surface area contributed by atoms with E-state index in [0.717, 1.165) is 16.2 Å². The van der Waals surface area contributed by atoms with E-state index < -0.39 is 46.5 Å². The van der Waals surface area contributed by atoms with Crippen molar-refractivity contribution in [2.45, 2.75) is 37.4 Å². The summed E-state index contributed by atoms with van der Waals surface area (Å²) in [6, 6.07) is 4.32. The molecule has 224 valence electrons. The van der Waals surface area contributed by atoms with Gasteiger partial charge in [0.15, 0.2) is 10.8 Å². The molecule has 1 saturated heterocycles. The summed E-state index contributed by atoms with van der Waals surface area (Å²) in [5.41, 5.74) is 4.67. The van der Waals surface area contributed by atoms with Crippen LogP contribution in [0.3, 0.4) is 0 Å². The number of amides is 2. The Hall–Kier alpha value is -3.66. The number of oxime groups is 1. The maximum Gasteiger partial charge on any atom is 1.00 e. The Labute approximate surface area is 285 Å². The van der Waals surface area contributed by atoms with Crippen molar-refractivity contribution >= 4 is 74.9 Å². The fourth-order valence-electron chi connectivity index (χ4n) is 4.38. The van der Waals surface area contributed by atoms with Crippen LogP contribution in [0, 0.1) is 11.3 Å². The van der Waals surface area contributed by atoms with Crippen molar-refractivity contribution in [2.75, 3.05) is 11.5 Å². The minimum absolute atomic E-state index is 0. The second kappa shape index (κ2) is 12.8. The first kappa shape index (κ1) is 33.2. The minimum atomic E-state index is -1.82. The van der Waals surface area contributed by atoms with E-state index in [-0.39, 0.29) is 64.1 Å². The Morgan fingerprint density at radius 1 is 1.39 bits per heavy atom. The van der Waals surface area contributed by atoms with Crippen LogP contribution in [0.25, 0.3) is 5.65 Å². The van der Waals surface area contributed by atoms with Gasteiger partial charge in [0.1, 0.15) is 58.3 Å². The van der Waals surface area contributed by atoms with Gasteiger partial charge in [-0.3, -0.25) is 14.5 Å². The van der Waals surface area contributed by atoms with E-state index in [1.807, 2.05) is 0 Å². The van der Waals surface area contributed by atoms with Crippen molar-refractivity contribution in [1.29, 1.82) is 5.26 Å². The third-order valence-corrected chi connectivity index (χ3v) is 9.03. The SMILES string of the molecule is CC(C)(O/N=C(\C(=O)N[C@@H]1C(=O)N2C(C(=O)O)=C(C[n+]3ccn4cc(C#N)ccc43)CS[C@H]12)c1nc(N)sc1Cl)C(=O)O.[H-].[Na+]. The monoisotopic (exact) mass is 669 g/mol. The fraction of sp³-hybridized carbons (Fsp3) is 0.280. The zero-order valence-electron chi connectivity index (χ0n) is 24.3. The van der Waals surface area contributed by atoms with E-state index in [9.17, 15) is 29.4 Å². The summed E-state index contributed by atoms with van der Waals surface area (Å²) >= 11 is 8.29. The number of β-lactam (4-membered cyclic amide) rings is 1. The number of aromatic nitrogens is 3. The zero-order chi connectivity index (χ0) is 31.2. The third kappa shape index (κ3) is 6.14. The van der Waals surface area contributed by atoms with E-state index >= 15 is 0 Å². The molecule has 2 amide bonds. The average Bonchev–Trinajstić information content (AvgIpc) is 3.51. The predicted molar refractivity (Wildman–Crippen MR) is 154 cm³/mol. The number of thioether (sulfide) groups is 1. The van der Waals surface area contributed by atoms with Gasteiger partial charge in [-0.25, -0.2) is 23.5 Å². The number of nitrogens with one attached hydrogen (secondary N) is 1. The molecule has 2 aliphatic heterocycles. The smallest absolute Gasteiger partial charge is 1.00 e. The van der Waals surface area contributed by atoms with Crippen LogP contribution in [0.2, 0.25) is 4.34 Å². The van der Waals surface area contributed by atoms with Crippen molar-refractivity contribution < 1.29 is 69.8 Å². The van der Waals surface area contributed by atoms with Crippen LogP contribution in [0.5, 0.6) is 0 Å². The number of carboxylic acid groups (broad SMARTS) is 2. The van der Waals surface area contributed by atoms with Crippen molar-refractivity contribution in [2.24, 2.45) is 5.16 Å². The third-order valence-electron chi connectivity index (χ3n) is 6.60. The summed E-state index contributed by atoms with van der Waals surface area (Å²) in [5, 5.41) is 34.1. The number of nitrogen functional groups attached to an aromatic ring is 1. The van der Waals surface area contributed by atoms with Crippen molar-refractivity contribution in [3.05, 3.63) is 57.6 Å². The fourth-order valence-corrected chi connectivity index (χ4v) is 6.64. The molecular weight excluding hydrogens is 647 g/mol. The number of aliphatic carboxylic acids is 2. The molecular formula is C25H23ClN8NaO7S2+. The van der Waals surface area contributed by atoms with Gasteiger partial charge >= 0.3 is 41.5 Å². The van der Waals surface area contributed by atoms with Crippen LogP contribution in [-0.4, -0.2) is 76.7 Å². The Morgan fingerprint density at radius 2 is 2.11 bits per heavy atom. The second-order valence-electron chi connectivity index (χ2n) is 9.86. The molecule has 0 aromatic carbocycles. The number of hydrogen-bond acceptors (Lipinski definition) is 11. The molecule has 3 aromatic heterocycles. The van der Waals surface area contributed by atoms with Gasteiger partial charge in [0.05, 0.1) is 5.56 Å². The number of thiazole rings is 1. The maximum absolute atomic E-state index is 13.3. The van der Waals surface area contributed by atoms with Crippen LogP contribution in [0.4, 0.5) is 5.13 Å². The molecule has 2 atom stereocenters. The molecule has 0 radical (unpaired) electrons. The number of carbonyl (C=O) groups excluding carboxylic acids is 2. The molecule has 0 aliphatic carbocycles. The van der Waals surface area contributed by atoms with Crippen LogP contribution in [-0.2, 0) is 30.6 Å². The number of nitrogens with zero attached hydrogens (tertiary/aromatic N) is 6. The van der Waals surface area contributed by atoms with Crippen molar-refractivity contribution in [3.8, 4) is 6.07 Å². The summed E-state index contributed by atoms with van der Waals surface area (Å²) in [6.07, 6.45) is 5.12. The van der Waals surface area contributed by atoms with Gasteiger partial charge in [-0.1, -0.05) is 28.1 Å². The second-order valence-corrected chi connectivity index (χ2v) is 12.6. The molecule has 2 aliphatic rings. The molecule has 1 fully saturated rings. The van der Waals surface area contributed by atoms with E-state index in [4.69, 9.17) is 27.4 Å². The van der Waals surface area contributed by atoms with Gasteiger partial charge in [-0.2, -0.15) is 5.26 Å². The number of nitriles is 1. The van der Waals surface area contributed by atoms with E-state index in [2.05, 4.69) is 21.5 Å². The standard InChI is InChI=1S/C25H21ClN8O7S2.Na.H/c1-25(2,23(39)40)41-31-15(14-18(26)43-24(28)30-14)19(35)29-16-20(36)34-17(22(37)38)12(10-42-21(16)34)9-33-6-5-32-8-11(7-27)3-4-13(32)33;;/h3-6,8,16,21H,9-10H2,1-2H3,(H4-,28,29,30,35,37,38,39,40);;/q;+1;-1/p+1/b31-15-;;/t16-,21-;;/m1../s1. The Morgan fingerprint density at radius 3 is 2.73 bits per heavy atom. The molecule has 5 heterocycles. The van der Waals surface area contributed by atoms with Crippen LogP contribution >= 0.6 is 34.7 Å². The van der Waals surface area contributed by atoms with Crippen LogP contribution < -0.4 is 45.2 Å². The number of imidazole rings is 1. The van der Waals surface area contributed by atoms with Gasteiger partial charge in [0.25, 0.3) is 17.5 Å². The first-order valence-electron chi connectivity index (χ1n) is 12.3. The molecule has 5 rings (SSSR count). The number of anilines is 1. The molecule has 0 bridgehead atoms. The van der Waals surface area contributed by atoms with Gasteiger partial charge in [-0.15, -0.1) is 11.8 Å². The summed E-state index contributed by atoms with van der Waals surface area (Å²) in [4.78, 5) is 60.6. The number of hydrogen-bond donors (Lipinski definition) is 4. The normalized spacial score (nSPS) is 18.2. The van der Waals surface area contributed by atoms with E-state index in [1.54, 1.807) is 39.7 Å². The number of carboxylic acids is 2. The number of carbonyl (C=O) groups is 4. The molecule has 0 saturated carbocycles. The van der Waals surface area contributed by atoms with Crippen LogP contribution in [0.15, 0.2) is 47.1 Å². The number of halogens is 1. The summed E-state index contributed by atoms with van der Waals surface area (Å²) < 4.78 is 3.52. The van der Waals surface area contributed by atoms with E-state index in [0.29, 0.717) is 16.8 Å². The predicted octanol–water partition coefficient (Wildman–Crippen LogP) is -2.07. The summed E-state index contributed by atoms with van der Waals surface area (Å²) in [5.74, 6) is -4.03. The number of nitrogens with two attached hydrogens (primary N) is 1.